The maximum Gasteiger partial charge on any atom is 0.125 e. The molecule has 4 N–H and O–H groups in total. The summed E-state index contributed by atoms with van der Waals surface area (Å²) in [7, 11) is 3.40. The fraction of sp³-hybridized carbons (Fsp3) is 0.571. The summed E-state index contributed by atoms with van der Waals surface area (Å²) in [4.78, 5) is 0. The van der Waals surface area contributed by atoms with Crippen LogP contribution in [0.2, 0.25) is 5.02 Å². The molecule has 0 spiro atoms. The molecule has 0 radical (unpaired) electrons. The number of nitrogens with one attached hydrogen (secondary N) is 1. The lowest BCUT2D eigenvalue weighted by atomic mass is 9.93. The van der Waals surface area contributed by atoms with Crippen molar-refractivity contribution in [1.82, 2.24) is 5.32 Å². The van der Waals surface area contributed by atoms with Gasteiger partial charge in [-0.2, -0.15) is 0 Å². The summed E-state index contributed by atoms with van der Waals surface area (Å²) in [5, 5.41) is 14.3. The maximum atomic E-state index is 10.6. The molecule has 0 aliphatic heterocycles. The Hall–Kier alpha value is -0.810. The Balaban J connectivity index is 3.27. The molecule has 4 nitrogen and oxygen atoms in total. The minimum Gasteiger partial charge on any atom is -0.496 e. The van der Waals surface area contributed by atoms with Crippen LogP contribution >= 0.6 is 11.6 Å². The van der Waals surface area contributed by atoms with Crippen LogP contribution in [0.5, 0.6) is 5.75 Å². The minimum atomic E-state index is -0.707. The molecule has 0 bridgehead atoms. The van der Waals surface area contributed by atoms with Crippen molar-refractivity contribution in [2.75, 3.05) is 20.7 Å². The third kappa shape index (κ3) is 3.39. The number of aryl methyl sites for hydroxylation is 1. The van der Waals surface area contributed by atoms with E-state index in [9.17, 15) is 5.11 Å². The molecule has 108 valence electrons. The van der Waals surface area contributed by atoms with Gasteiger partial charge < -0.3 is 20.9 Å². The fourth-order valence-electron chi connectivity index (χ4n) is 2.31. The first-order chi connectivity index (χ1) is 8.97. The molecule has 0 aliphatic carbocycles. The first kappa shape index (κ1) is 16.2. The normalized spacial score (nSPS) is 14.3. The predicted octanol–water partition coefficient (Wildman–Crippen LogP) is 1.94. The van der Waals surface area contributed by atoms with Gasteiger partial charge in [-0.25, -0.2) is 0 Å². The van der Waals surface area contributed by atoms with E-state index >= 15 is 0 Å². The summed E-state index contributed by atoms with van der Waals surface area (Å²) in [6.07, 6.45) is -0.0345. The first-order valence-electron chi connectivity index (χ1n) is 6.36. The van der Waals surface area contributed by atoms with E-state index in [1.54, 1.807) is 14.2 Å². The monoisotopic (exact) mass is 286 g/mol. The number of aliphatic hydroxyl groups excluding tert-OH is 1. The summed E-state index contributed by atoms with van der Waals surface area (Å²) in [6.45, 7) is 4.32. The van der Waals surface area contributed by atoms with Crippen molar-refractivity contribution in [2.24, 2.45) is 5.73 Å². The Bertz CT molecular complexity index is 438. The Morgan fingerprint density at radius 3 is 2.58 bits per heavy atom. The number of methoxy groups -OCH3 is 1. The molecule has 0 aliphatic rings. The SMILES string of the molecule is CNC(CCN)C(O)c1c(OC)cc(C)c(Cl)c1C. The van der Waals surface area contributed by atoms with Gasteiger partial charge in [-0.3, -0.25) is 0 Å². The number of hydrogen-bond donors (Lipinski definition) is 3. The van der Waals surface area contributed by atoms with Crippen LogP contribution in [0.4, 0.5) is 0 Å². The molecule has 2 unspecified atom stereocenters. The number of likely N-dealkylation sites (N-methyl/N-ethyl adjacent to an activating group) is 1. The number of halogens is 1. The highest BCUT2D eigenvalue weighted by Gasteiger charge is 2.25. The maximum absolute atomic E-state index is 10.6. The van der Waals surface area contributed by atoms with Crippen molar-refractivity contribution in [1.29, 1.82) is 0 Å². The molecule has 0 aromatic heterocycles. The molecule has 0 saturated heterocycles. The second-order valence-electron chi connectivity index (χ2n) is 4.67. The highest BCUT2D eigenvalue weighted by atomic mass is 35.5. The quantitative estimate of drug-likeness (QED) is 0.748. The van der Waals surface area contributed by atoms with Crippen LogP contribution in [0.3, 0.4) is 0 Å². The number of hydrogen-bond acceptors (Lipinski definition) is 4. The van der Waals surface area contributed by atoms with Crippen LogP contribution in [0.25, 0.3) is 0 Å². The molecule has 2 atom stereocenters. The lowest BCUT2D eigenvalue weighted by Crippen LogP contribution is -2.34. The summed E-state index contributed by atoms with van der Waals surface area (Å²) >= 11 is 6.27. The van der Waals surface area contributed by atoms with Crippen molar-refractivity contribution < 1.29 is 9.84 Å². The second-order valence-corrected chi connectivity index (χ2v) is 5.04. The molecular weight excluding hydrogens is 264 g/mol. The molecule has 0 heterocycles. The van der Waals surface area contributed by atoms with Gasteiger partial charge in [-0.05, 0) is 51.1 Å². The van der Waals surface area contributed by atoms with Gasteiger partial charge >= 0.3 is 0 Å². The fourth-order valence-corrected chi connectivity index (χ4v) is 2.47. The molecule has 0 amide bonds. The van der Waals surface area contributed by atoms with Crippen LogP contribution in [-0.4, -0.2) is 31.9 Å². The highest BCUT2D eigenvalue weighted by Crippen LogP contribution is 2.37. The van der Waals surface area contributed by atoms with Gasteiger partial charge in [0.15, 0.2) is 0 Å². The summed E-state index contributed by atoms with van der Waals surface area (Å²) in [6, 6.07) is 1.72. The van der Waals surface area contributed by atoms with Gasteiger partial charge in [0.2, 0.25) is 0 Å². The zero-order valence-corrected chi connectivity index (χ0v) is 12.7. The zero-order valence-electron chi connectivity index (χ0n) is 12.0. The van der Waals surface area contributed by atoms with Crippen molar-refractivity contribution in [3.8, 4) is 5.75 Å². The zero-order chi connectivity index (χ0) is 14.6. The summed E-state index contributed by atoms with van der Waals surface area (Å²) in [5.41, 5.74) is 8.09. The van der Waals surface area contributed by atoms with Gasteiger partial charge in [-0.15, -0.1) is 0 Å². The number of ether oxygens (including phenoxy) is 1. The van der Waals surface area contributed by atoms with E-state index in [4.69, 9.17) is 22.1 Å². The van der Waals surface area contributed by atoms with E-state index < -0.39 is 6.10 Å². The first-order valence-corrected chi connectivity index (χ1v) is 6.74. The van der Waals surface area contributed by atoms with Gasteiger partial charge in [0.05, 0.1) is 13.2 Å². The summed E-state index contributed by atoms with van der Waals surface area (Å²) < 4.78 is 5.38. The highest BCUT2D eigenvalue weighted by molar-refractivity contribution is 6.32. The molecule has 0 fully saturated rings. The van der Waals surface area contributed by atoms with Crippen LogP contribution in [0, 0.1) is 13.8 Å². The number of benzene rings is 1. The molecular formula is C14H23ClN2O2. The Morgan fingerprint density at radius 1 is 1.47 bits per heavy atom. The number of rotatable bonds is 6. The van der Waals surface area contributed by atoms with E-state index in [2.05, 4.69) is 5.32 Å². The second kappa shape index (κ2) is 7.10. The lowest BCUT2D eigenvalue weighted by Gasteiger charge is -2.26. The van der Waals surface area contributed by atoms with Crippen molar-refractivity contribution >= 4 is 11.6 Å². The predicted molar refractivity (Wildman–Crippen MR) is 79.0 cm³/mol. The van der Waals surface area contributed by atoms with Crippen molar-refractivity contribution in [3.63, 3.8) is 0 Å². The van der Waals surface area contributed by atoms with Gasteiger partial charge in [0, 0.05) is 16.6 Å². The Labute approximate surface area is 119 Å². The largest absolute Gasteiger partial charge is 0.496 e. The summed E-state index contributed by atoms with van der Waals surface area (Å²) in [5.74, 6) is 0.657. The molecule has 1 rings (SSSR count). The number of aliphatic hydroxyl groups is 1. The lowest BCUT2D eigenvalue weighted by molar-refractivity contribution is 0.125. The van der Waals surface area contributed by atoms with Gasteiger partial charge in [0.1, 0.15) is 5.75 Å². The third-order valence-electron chi connectivity index (χ3n) is 3.44. The van der Waals surface area contributed by atoms with E-state index in [1.807, 2.05) is 19.9 Å². The molecule has 0 saturated carbocycles. The smallest absolute Gasteiger partial charge is 0.125 e. The van der Waals surface area contributed by atoms with Crippen LogP contribution < -0.4 is 15.8 Å². The molecule has 5 heteroatoms. The molecule has 1 aromatic carbocycles. The van der Waals surface area contributed by atoms with Crippen molar-refractivity contribution in [3.05, 3.63) is 27.8 Å². The van der Waals surface area contributed by atoms with E-state index in [1.165, 1.54) is 0 Å². The average Bonchev–Trinajstić information content (AvgIpc) is 2.40. The van der Waals surface area contributed by atoms with Crippen molar-refractivity contribution in [2.45, 2.75) is 32.4 Å². The third-order valence-corrected chi connectivity index (χ3v) is 4.02. The molecule has 19 heavy (non-hydrogen) atoms. The Kier molecular flexibility index (Phi) is 6.07. The number of nitrogens with two attached hydrogens (primary N) is 1. The van der Waals surface area contributed by atoms with Gasteiger partial charge in [0.25, 0.3) is 0 Å². The van der Waals surface area contributed by atoms with E-state index in [0.717, 1.165) is 16.7 Å². The van der Waals surface area contributed by atoms with Crippen LogP contribution in [-0.2, 0) is 0 Å². The van der Waals surface area contributed by atoms with E-state index in [-0.39, 0.29) is 6.04 Å². The average molecular weight is 287 g/mol. The topological polar surface area (TPSA) is 67.5 Å². The molecule has 1 aromatic rings. The van der Waals surface area contributed by atoms with Crippen LogP contribution in [0.1, 0.15) is 29.2 Å². The van der Waals surface area contributed by atoms with E-state index in [0.29, 0.717) is 23.7 Å². The van der Waals surface area contributed by atoms with Gasteiger partial charge in [-0.1, -0.05) is 11.6 Å². The van der Waals surface area contributed by atoms with Crippen LogP contribution in [0.15, 0.2) is 6.07 Å². The standard InChI is InChI=1S/C14H23ClN2O2/c1-8-7-11(19-4)12(9(2)13(8)15)14(18)10(17-3)5-6-16/h7,10,14,17-18H,5-6,16H2,1-4H3. The Morgan fingerprint density at radius 2 is 2.11 bits per heavy atom. The minimum absolute atomic E-state index is 0.128.